The quantitative estimate of drug-likeness (QED) is 0.862. The fourth-order valence-corrected chi connectivity index (χ4v) is 3.45. The molecule has 0 aliphatic heterocycles. The number of H-pyrrole nitrogens is 1. The van der Waals surface area contributed by atoms with E-state index in [9.17, 15) is 9.59 Å². The molecule has 1 saturated carbocycles. The Labute approximate surface area is 136 Å². The zero-order valence-electron chi connectivity index (χ0n) is 13.4. The van der Waals surface area contributed by atoms with Crippen molar-refractivity contribution in [3.05, 3.63) is 46.4 Å². The topological polar surface area (TPSA) is 62.0 Å². The summed E-state index contributed by atoms with van der Waals surface area (Å²) in [6.45, 7) is 1.39. The molecule has 4 nitrogen and oxygen atoms in total. The highest BCUT2D eigenvalue weighted by Crippen LogP contribution is 2.22. The third-order valence-corrected chi connectivity index (χ3v) is 4.72. The van der Waals surface area contributed by atoms with Gasteiger partial charge in [0.15, 0.2) is 5.78 Å². The lowest BCUT2D eigenvalue weighted by Crippen LogP contribution is -2.30. The Morgan fingerprint density at radius 1 is 1.17 bits per heavy atom. The summed E-state index contributed by atoms with van der Waals surface area (Å²) in [6, 6.07) is 7.47. The zero-order valence-corrected chi connectivity index (χ0v) is 13.4. The van der Waals surface area contributed by atoms with Gasteiger partial charge in [0.25, 0.3) is 5.56 Å². The number of benzene rings is 1. The molecule has 4 heteroatoms. The number of ketones is 1. The van der Waals surface area contributed by atoms with Crippen molar-refractivity contribution in [1.29, 1.82) is 0 Å². The van der Waals surface area contributed by atoms with Crippen LogP contribution in [0.15, 0.2) is 35.3 Å². The Morgan fingerprint density at radius 2 is 2.00 bits per heavy atom. The molecular weight excluding hydrogens is 288 g/mol. The molecule has 1 heterocycles. The van der Waals surface area contributed by atoms with Gasteiger partial charge in [-0.25, -0.2) is 0 Å². The summed E-state index contributed by atoms with van der Waals surface area (Å²) in [5.74, 6) is 0.939. The highest BCUT2D eigenvalue weighted by atomic mass is 16.1. The number of fused-ring (bicyclic) bond motifs is 1. The highest BCUT2D eigenvalue weighted by molar-refractivity contribution is 5.86. The van der Waals surface area contributed by atoms with Gasteiger partial charge in [-0.15, -0.1) is 0 Å². The van der Waals surface area contributed by atoms with Crippen molar-refractivity contribution in [1.82, 2.24) is 10.3 Å². The SMILES string of the molecule is O=C(CNCC1CCCCC1)Cc1ccc2c(=O)[nH]ccc2c1. The maximum absolute atomic E-state index is 12.1. The van der Waals surface area contributed by atoms with Crippen LogP contribution in [-0.2, 0) is 11.2 Å². The first kappa shape index (κ1) is 15.9. The second-order valence-corrected chi connectivity index (χ2v) is 6.58. The van der Waals surface area contributed by atoms with Crippen molar-refractivity contribution in [3.8, 4) is 0 Å². The summed E-state index contributed by atoms with van der Waals surface area (Å²) in [4.78, 5) is 26.5. The monoisotopic (exact) mass is 312 g/mol. The molecule has 23 heavy (non-hydrogen) atoms. The predicted octanol–water partition coefficient (Wildman–Crippen LogP) is 2.81. The standard InChI is InChI=1S/C19H24N2O2/c22-17(13-20-12-14-4-2-1-3-5-14)11-15-6-7-18-16(10-15)8-9-21-19(18)23/h6-10,14,20H,1-5,11-13H2,(H,21,23). The largest absolute Gasteiger partial charge is 0.329 e. The molecule has 0 spiro atoms. The lowest BCUT2D eigenvalue weighted by molar-refractivity contribution is -0.117. The van der Waals surface area contributed by atoms with Gasteiger partial charge in [0.1, 0.15) is 0 Å². The third kappa shape index (κ3) is 4.29. The van der Waals surface area contributed by atoms with E-state index < -0.39 is 0 Å². The van der Waals surface area contributed by atoms with E-state index in [-0.39, 0.29) is 11.3 Å². The average Bonchev–Trinajstić information content (AvgIpc) is 2.56. The Bertz CT molecular complexity index is 729. The van der Waals surface area contributed by atoms with Crippen LogP contribution in [0, 0.1) is 5.92 Å². The van der Waals surface area contributed by atoms with Crippen LogP contribution in [-0.4, -0.2) is 23.9 Å². The minimum atomic E-state index is -0.0884. The van der Waals surface area contributed by atoms with Crippen LogP contribution in [0.5, 0.6) is 0 Å². The average molecular weight is 312 g/mol. The van der Waals surface area contributed by atoms with E-state index in [2.05, 4.69) is 10.3 Å². The molecule has 1 fully saturated rings. The van der Waals surface area contributed by atoms with Crippen molar-refractivity contribution >= 4 is 16.6 Å². The molecule has 2 aromatic rings. The number of aromatic amines is 1. The number of carbonyl (C=O) groups excluding carboxylic acids is 1. The number of rotatable bonds is 6. The van der Waals surface area contributed by atoms with E-state index in [0.717, 1.165) is 23.4 Å². The van der Waals surface area contributed by atoms with Gasteiger partial charge in [-0.1, -0.05) is 31.4 Å². The fraction of sp³-hybridized carbons (Fsp3) is 0.474. The van der Waals surface area contributed by atoms with Gasteiger partial charge in [-0.05, 0) is 48.4 Å². The minimum Gasteiger partial charge on any atom is -0.329 e. The first-order valence-corrected chi connectivity index (χ1v) is 8.55. The van der Waals surface area contributed by atoms with E-state index in [0.29, 0.717) is 18.4 Å². The van der Waals surface area contributed by atoms with Crippen LogP contribution in [0.1, 0.15) is 37.7 Å². The molecule has 3 rings (SSSR count). The van der Waals surface area contributed by atoms with Crippen molar-refractivity contribution in [2.75, 3.05) is 13.1 Å². The number of Topliss-reactive ketones (excluding diaryl/α,β-unsaturated/α-hetero) is 1. The lowest BCUT2D eigenvalue weighted by Gasteiger charge is -2.21. The molecule has 0 amide bonds. The number of pyridine rings is 1. The molecule has 2 N–H and O–H groups in total. The van der Waals surface area contributed by atoms with Gasteiger partial charge in [0.05, 0.1) is 6.54 Å². The van der Waals surface area contributed by atoms with Gasteiger partial charge in [-0.3, -0.25) is 9.59 Å². The molecule has 1 aliphatic rings. The Kier molecular flexibility index (Phi) is 5.23. The molecule has 1 aliphatic carbocycles. The number of hydrogen-bond acceptors (Lipinski definition) is 3. The first-order valence-electron chi connectivity index (χ1n) is 8.55. The van der Waals surface area contributed by atoms with Crippen molar-refractivity contribution < 1.29 is 4.79 Å². The number of nitrogens with one attached hydrogen (secondary N) is 2. The van der Waals surface area contributed by atoms with Crippen molar-refractivity contribution in [2.45, 2.75) is 38.5 Å². The van der Waals surface area contributed by atoms with E-state index in [4.69, 9.17) is 0 Å². The summed E-state index contributed by atoms with van der Waals surface area (Å²) in [6.07, 6.45) is 8.66. The van der Waals surface area contributed by atoms with Gasteiger partial charge in [0.2, 0.25) is 0 Å². The zero-order chi connectivity index (χ0) is 16.1. The van der Waals surface area contributed by atoms with Gasteiger partial charge >= 0.3 is 0 Å². The summed E-state index contributed by atoms with van der Waals surface area (Å²) < 4.78 is 0. The van der Waals surface area contributed by atoms with Crippen molar-refractivity contribution in [2.24, 2.45) is 5.92 Å². The number of carbonyl (C=O) groups is 1. The second-order valence-electron chi connectivity index (χ2n) is 6.58. The summed E-state index contributed by atoms with van der Waals surface area (Å²) in [5.41, 5.74) is 0.877. The van der Waals surface area contributed by atoms with Crippen LogP contribution < -0.4 is 10.9 Å². The smallest absolute Gasteiger partial charge is 0.255 e. The number of aromatic nitrogens is 1. The molecule has 0 saturated heterocycles. The molecule has 0 radical (unpaired) electrons. The predicted molar refractivity (Wildman–Crippen MR) is 92.7 cm³/mol. The molecular formula is C19H24N2O2. The normalized spacial score (nSPS) is 15.8. The summed E-state index contributed by atoms with van der Waals surface area (Å²) in [5, 5.41) is 4.87. The fourth-order valence-electron chi connectivity index (χ4n) is 3.45. The Balaban J connectivity index is 1.52. The third-order valence-electron chi connectivity index (χ3n) is 4.72. The molecule has 0 atom stereocenters. The van der Waals surface area contributed by atoms with Gasteiger partial charge < -0.3 is 10.3 Å². The van der Waals surface area contributed by atoms with Crippen LogP contribution >= 0.6 is 0 Å². The first-order chi connectivity index (χ1) is 11.2. The highest BCUT2D eigenvalue weighted by Gasteiger charge is 2.13. The number of hydrogen-bond donors (Lipinski definition) is 2. The van der Waals surface area contributed by atoms with Gasteiger partial charge in [-0.2, -0.15) is 0 Å². The Hall–Kier alpha value is -1.94. The molecule has 1 aromatic carbocycles. The Morgan fingerprint density at radius 3 is 2.83 bits per heavy atom. The van der Waals surface area contributed by atoms with Crippen LogP contribution in [0.3, 0.4) is 0 Å². The minimum absolute atomic E-state index is 0.0884. The summed E-state index contributed by atoms with van der Waals surface area (Å²) >= 11 is 0. The second kappa shape index (κ2) is 7.55. The van der Waals surface area contributed by atoms with E-state index in [1.165, 1.54) is 32.1 Å². The van der Waals surface area contributed by atoms with Crippen LogP contribution in [0.4, 0.5) is 0 Å². The van der Waals surface area contributed by atoms with E-state index >= 15 is 0 Å². The molecule has 1 aromatic heterocycles. The molecule has 0 bridgehead atoms. The van der Waals surface area contributed by atoms with Crippen LogP contribution in [0.25, 0.3) is 10.8 Å². The van der Waals surface area contributed by atoms with Crippen LogP contribution in [0.2, 0.25) is 0 Å². The molecule has 122 valence electrons. The van der Waals surface area contributed by atoms with Gasteiger partial charge in [0, 0.05) is 18.0 Å². The maximum atomic E-state index is 12.1. The lowest BCUT2D eigenvalue weighted by atomic mass is 9.89. The maximum Gasteiger partial charge on any atom is 0.255 e. The van der Waals surface area contributed by atoms with E-state index in [1.54, 1.807) is 12.3 Å². The van der Waals surface area contributed by atoms with E-state index in [1.807, 2.05) is 18.2 Å². The summed E-state index contributed by atoms with van der Waals surface area (Å²) in [7, 11) is 0. The molecule has 0 unspecified atom stereocenters. The van der Waals surface area contributed by atoms with Crippen molar-refractivity contribution in [3.63, 3.8) is 0 Å².